The van der Waals surface area contributed by atoms with Gasteiger partial charge in [0.2, 0.25) is 0 Å². The summed E-state index contributed by atoms with van der Waals surface area (Å²) in [6.45, 7) is 2.07. The zero-order valence-electron chi connectivity index (χ0n) is 24.8. The normalized spacial score (nSPS) is 12.1. The molecule has 0 radical (unpaired) electrons. The highest BCUT2D eigenvalue weighted by atomic mass is 16.5. The van der Waals surface area contributed by atoms with Crippen LogP contribution >= 0.6 is 0 Å². The van der Waals surface area contributed by atoms with Crippen LogP contribution in [0.1, 0.15) is 187 Å². The van der Waals surface area contributed by atoms with Crippen LogP contribution in [-0.2, 0) is 14.3 Å². The number of carbonyl (C=O) groups excluding carboxylic acids is 2. The van der Waals surface area contributed by atoms with Gasteiger partial charge in [-0.1, -0.05) is 174 Å². The van der Waals surface area contributed by atoms with Gasteiger partial charge in [0.05, 0.1) is 0 Å². The fraction of sp³-hybridized carbons (Fsp3) is 0.939. The summed E-state index contributed by atoms with van der Waals surface area (Å²) in [5.41, 5.74) is 0. The van der Waals surface area contributed by atoms with Gasteiger partial charge in [0, 0.05) is 6.42 Å². The van der Waals surface area contributed by atoms with Crippen LogP contribution in [0.2, 0.25) is 0 Å². The zero-order chi connectivity index (χ0) is 27.1. The van der Waals surface area contributed by atoms with Gasteiger partial charge in [-0.3, -0.25) is 4.79 Å². The van der Waals surface area contributed by atoms with E-state index in [9.17, 15) is 9.59 Å². The Morgan fingerprint density at radius 3 is 1.08 bits per heavy atom. The van der Waals surface area contributed by atoms with Gasteiger partial charge in [-0.15, -0.1) is 0 Å². The van der Waals surface area contributed by atoms with Crippen LogP contribution in [0.15, 0.2) is 0 Å². The van der Waals surface area contributed by atoms with E-state index < -0.39 is 6.10 Å². The summed E-state index contributed by atoms with van der Waals surface area (Å²) in [5.74, 6) is -0.319. The third-order valence-corrected chi connectivity index (χ3v) is 7.56. The van der Waals surface area contributed by atoms with Gasteiger partial charge < -0.3 is 14.6 Å². The molecule has 0 rings (SSSR count). The van der Waals surface area contributed by atoms with Crippen molar-refractivity contribution in [1.82, 2.24) is 0 Å². The lowest BCUT2D eigenvalue weighted by atomic mass is 10.0. The highest BCUT2D eigenvalue weighted by molar-refractivity contribution is 5.69. The number of hydrogen-bond acceptors (Lipinski definition) is 4. The summed E-state index contributed by atoms with van der Waals surface area (Å²) >= 11 is 0. The van der Waals surface area contributed by atoms with Crippen molar-refractivity contribution in [3.8, 4) is 0 Å². The number of aliphatic hydroxyl groups excluding tert-OH is 1. The number of esters is 1. The Morgan fingerprint density at radius 1 is 0.541 bits per heavy atom. The number of ether oxygens (including phenoxy) is 1. The van der Waals surface area contributed by atoms with E-state index in [2.05, 4.69) is 6.92 Å². The smallest absolute Gasteiger partial charge is 0.305 e. The molecule has 0 aromatic carbocycles. The van der Waals surface area contributed by atoms with Gasteiger partial charge in [0.15, 0.2) is 6.29 Å². The lowest BCUT2D eigenvalue weighted by molar-refractivity contribution is -0.147. The molecule has 0 bridgehead atoms. The molecule has 0 fully saturated rings. The van der Waals surface area contributed by atoms with Crippen LogP contribution in [0.4, 0.5) is 0 Å². The monoisotopic (exact) mass is 524 g/mol. The molecule has 4 heteroatoms. The van der Waals surface area contributed by atoms with Gasteiger partial charge >= 0.3 is 5.97 Å². The van der Waals surface area contributed by atoms with Crippen molar-refractivity contribution in [2.45, 2.75) is 193 Å². The summed E-state index contributed by atoms with van der Waals surface area (Å²) < 4.78 is 4.83. The maximum absolute atomic E-state index is 11.5. The van der Waals surface area contributed by atoms with Crippen LogP contribution in [0.3, 0.4) is 0 Å². The fourth-order valence-electron chi connectivity index (χ4n) is 5.05. The molecule has 0 spiro atoms. The van der Waals surface area contributed by atoms with Crippen LogP contribution in [0.5, 0.6) is 0 Å². The van der Waals surface area contributed by atoms with Crippen LogP contribution < -0.4 is 0 Å². The van der Waals surface area contributed by atoms with Gasteiger partial charge in [0.1, 0.15) is 12.7 Å². The molecular weight excluding hydrogens is 460 g/mol. The van der Waals surface area contributed by atoms with Crippen molar-refractivity contribution in [1.29, 1.82) is 0 Å². The predicted octanol–water partition coefficient (Wildman–Crippen LogP) is 10.0. The van der Waals surface area contributed by atoms with E-state index in [1.165, 1.54) is 161 Å². The second-order valence-electron chi connectivity index (χ2n) is 11.3. The average Bonchev–Trinajstić information content (AvgIpc) is 2.91. The highest BCUT2D eigenvalue weighted by Gasteiger charge is 2.07. The molecule has 1 atom stereocenters. The van der Waals surface area contributed by atoms with Crippen molar-refractivity contribution >= 4 is 12.3 Å². The molecule has 0 amide bonds. The summed E-state index contributed by atoms with van der Waals surface area (Å²) in [6, 6.07) is 0. The molecule has 220 valence electrons. The minimum absolute atomic E-state index is 0.220. The summed E-state index contributed by atoms with van der Waals surface area (Å²) in [5, 5.41) is 9.04. The first kappa shape index (κ1) is 36.1. The van der Waals surface area contributed by atoms with Crippen LogP contribution in [0, 0.1) is 0 Å². The van der Waals surface area contributed by atoms with Crippen molar-refractivity contribution in [3.05, 3.63) is 0 Å². The van der Waals surface area contributed by atoms with E-state index in [4.69, 9.17) is 9.84 Å². The van der Waals surface area contributed by atoms with E-state index in [0.29, 0.717) is 12.7 Å². The molecule has 0 aliphatic heterocycles. The first-order chi connectivity index (χ1) is 18.2. The summed E-state index contributed by atoms with van der Waals surface area (Å²) in [7, 11) is 0. The van der Waals surface area contributed by atoms with Crippen molar-refractivity contribution in [2.24, 2.45) is 0 Å². The summed E-state index contributed by atoms with van der Waals surface area (Å²) in [4.78, 5) is 21.7. The van der Waals surface area contributed by atoms with E-state index >= 15 is 0 Å². The van der Waals surface area contributed by atoms with E-state index in [1.807, 2.05) is 0 Å². The van der Waals surface area contributed by atoms with Crippen molar-refractivity contribution in [2.75, 3.05) is 6.61 Å². The molecule has 0 saturated heterocycles. The number of carbonyl (C=O) groups is 2. The number of unbranched alkanes of at least 4 members (excludes halogenated alkanes) is 26. The molecular formula is C33H64O4. The first-order valence-electron chi connectivity index (χ1n) is 16.5. The Kier molecular flexibility index (Phi) is 30.6. The number of aldehydes is 1. The van der Waals surface area contributed by atoms with Gasteiger partial charge in [-0.2, -0.15) is 0 Å². The number of hydrogen-bond donors (Lipinski definition) is 1. The third kappa shape index (κ3) is 31.2. The second kappa shape index (κ2) is 31.3. The lowest BCUT2D eigenvalue weighted by Crippen LogP contribution is -2.19. The third-order valence-electron chi connectivity index (χ3n) is 7.56. The highest BCUT2D eigenvalue weighted by Crippen LogP contribution is 2.16. The molecule has 0 heterocycles. The molecule has 0 saturated carbocycles. The fourth-order valence-corrected chi connectivity index (χ4v) is 5.05. The standard InChI is InChI=1S/C33H64O4/c1-2-3-4-5-6-7-8-9-10-11-12-13-14-15-16-17-18-19-20-21-22-23-24-25-26-27-28-29-33(36)37-31-32(35)30-34/h30,32,35H,2-29,31H2,1H3. The molecule has 37 heavy (non-hydrogen) atoms. The number of aliphatic hydroxyl groups is 1. The maximum atomic E-state index is 11.5. The van der Waals surface area contributed by atoms with Gasteiger partial charge in [-0.05, 0) is 6.42 Å². The van der Waals surface area contributed by atoms with Crippen molar-refractivity contribution in [3.63, 3.8) is 0 Å². The molecule has 1 unspecified atom stereocenters. The Balaban J connectivity index is 3.10. The average molecular weight is 525 g/mol. The molecule has 0 aliphatic rings. The largest absolute Gasteiger partial charge is 0.462 e. The molecule has 1 N–H and O–H groups in total. The van der Waals surface area contributed by atoms with Crippen LogP contribution in [0.25, 0.3) is 0 Å². The van der Waals surface area contributed by atoms with Crippen LogP contribution in [-0.4, -0.2) is 30.1 Å². The predicted molar refractivity (Wildman–Crippen MR) is 158 cm³/mol. The minimum Gasteiger partial charge on any atom is -0.462 e. The SMILES string of the molecule is CCCCCCCCCCCCCCCCCCCCCCCCCCCCCC(=O)OCC(O)C=O. The maximum Gasteiger partial charge on any atom is 0.305 e. The molecule has 4 nitrogen and oxygen atoms in total. The van der Waals surface area contributed by atoms with E-state index in [1.54, 1.807) is 0 Å². The minimum atomic E-state index is -1.19. The first-order valence-corrected chi connectivity index (χ1v) is 16.5. The lowest BCUT2D eigenvalue weighted by Gasteiger charge is -2.06. The van der Waals surface area contributed by atoms with Gasteiger partial charge in [0.25, 0.3) is 0 Å². The second-order valence-corrected chi connectivity index (χ2v) is 11.3. The Hall–Kier alpha value is -0.900. The molecule has 0 aliphatic carbocycles. The van der Waals surface area contributed by atoms with E-state index in [0.717, 1.165) is 12.8 Å². The Bertz CT molecular complexity index is 465. The van der Waals surface area contributed by atoms with Crippen molar-refractivity contribution < 1.29 is 19.4 Å². The number of rotatable bonds is 31. The van der Waals surface area contributed by atoms with E-state index in [-0.39, 0.29) is 12.6 Å². The summed E-state index contributed by atoms with van der Waals surface area (Å²) in [6.07, 6.45) is 36.7. The topological polar surface area (TPSA) is 63.6 Å². The quantitative estimate of drug-likeness (QED) is 0.0556. The zero-order valence-corrected chi connectivity index (χ0v) is 24.8. The molecule has 0 aromatic heterocycles. The Morgan fingerprint density at radius 2 is 0.811 bits per heavy atom. The Labute approximate surface area is 231 Å². The molecule has 0 aromatic rings. The van der Waals surface area contributed by atoms with Gasteiger partial charge in [-0.25, -0.2) is 0 Å².